The van der Waals surface area contributed by atoms with Crippen molar-refractivity contribution in [2.45, 2.75) is 0 Å². The minimum Gasteiger partial charge on any atom is -0.508 e. The highest BCUT2D eigenvalue weighted by atomic mass is 16.5. The molecule has 1 aromatic heterocycles. The number of H-pyrrole nitrogens is 1. The van der Waals surface area contributed by atoms with Gasteiger partial charge in [-0.25, -0.2) is 5.43 Å². The summed E-state index contributed by atoms with van der Waals surface area (Å²) < 4.78 is 5.16. The van der Waals surface area contributed by atoms with E-state index in [1.54, 1.807) is 37.4 Å². The molecule has 0 saturated carbocycles. The Bertz CT molecular complexity index is 866. The number of aromatic nitrogens is 1. The normalized spacial score (nSPS) is 11.0. The van der Waals surface area contributed by atoms with Gasteiger partial charge in [-0.05, 0) is 54.1 Å². The maximum absolute atomic E-state index is 12.1. The van der Waals surface area contributed by atoms with E-state index in [1.165, 1.54) is 6.21 Å². The molecule has 1 heterocycles. The molecule has 0 spiro atoms. The summed E-state index contributed by atoms with van der Waals surface area (Å²) in [5, 5.41) is 14.0. The minimum atomic E-state index is -0.338. The smallest absolute Gasteiger partial charge is 0.287 e. The molecule has 3 rings (SSSR count). The number of methoxy groups -OCH3 is 1. The van der Waals surface area contributed by atoms with E-state index >= 15 is 0 Å². The maximum Gasteiger partial charge on any atom is 0.287 e. The number of nitrogens with one attached hydrogen (secondary N) is 2. The summed E-state index contributed by atoms with van der Waals surface area (Å²) in [6.45, 7) is 0. The van der Waals surface area contributed by atoms with Crippen LogP contribution in [0.15, 0.2) is 53.6 Å². The van der Waals surface area contributed by atoms with Gasteiger partial charge >= 0.3 is 0 Å². The van der Waals surface area contributed by atoms with E-state index in [9.17, 15) is 9.90 Å². The molecule has 1 amide bonds. The van der Waals surface area contributed by atoms with Crippen LogP contribution in [0.1, 0.15) is 16.1 Å². The van der Waals surface area contributed by atoms with Crippen LogP contribution in [0.2, 0.25) is 0 Å². The Morgan fingerprint density at radius 1 is 1.22 bits per heavy atom. The van der Waals surface area contributed by atoms with E-state index in [4.69, 9.17) is 4.74 Å². The molecule has 2 aromatic carbocycles. The number of aromatic amines is 1. The number of phenolic OH excluding ortho intramolecular Hbond substituents is 1. The average molecular weight is 309 g/mol. The first-order valence-corrected chi connectivity index (χ1v) is 6.95. The molecular formula is C17H15N3O3. The molecule has 6 nitrogen and oxygen atoms in total. The SMILES string of the molecule is COc1ccc2[nH]c(C(=O)N/N=C\c3ccc(O)cc3)cc2c1. The monoisotopic (exact) mass is 309 g/mol. The Labute approximate surface area is 132 Å². The first-order chi connectivity index (χ1) is 11.2. The number of ether oxygens (including phenoxy) is 1. The van der Waals surface area contributed by atoms with Crippen LogP contribution in [0.5, 0.6) is 11.5 Å². The lowest BCUT2D eigenvalue weighted by Crippen LogP contribution is -2.17. The number of phenols is 1. The van der Waals surface area contributed by atoms with Crippen LogP contribution in [0.25, 0.3) is 10.9 Å². The van der Waals surface area contributed by atoms with Gasteiger partial charge in [0.15, 0.2) is 0 Å². The van der Waals surface area contributed by atoms with Gasteiger partial charge in [0.25, 0.3) is 5.91 Å². The van der Waals surface area contributed by atoms with Gasteiger partial charge in [-0.2, -0.15) is 5.10 Å². The maximum atomic E-state index is 12.1. The molecule has 0 aliphatic heterocycles. The van der Waals surface area contributed by atoms with E-state index in [1.807, 2.05) is 18.2 Å². The zero-order valence-corrected chi connectivity index (χ0v) is 12.4. The highest BCUT2D eigenvalue weighted by Gasteiger charge is 2.09. The van der Waals surface area contributed by atoms with Crippen LogP contribution in [0.3, 0.4) is 0 Å². The summed E-state index contributed by atoms with van der Waals surface area (Å²) in [7, 11) is 1.60. The lowest BCUT2D eigenvalue weighted by atomic mass is 10.2. The number of hydrazone groups is 1. The topological polar surface area (TPSA) is 86.7 Å². The molecule has 0 radical (unpaired) electrons. The molecule has 0 aliphatic carbocycles. The fraction of sp³-hybridized carbons (Fsp3) is 0.0588. The number of carbonyl (C=O) groups is 1. The van der Waals surface area contributed by atoms with Crippen LogP contribution < -0.4 is 10.2 Å². The second kappa shape index (κ2) is 6.23. The molecule has 0 bridgehead atoms. The lowest BCUT2D eigenvalue weighted by Gasteiger charge is -1.97. The molecular weight excluding hydrogens is 294 g/mol. The van der Waals surface area contributed by atoms with Crippen molar-refractivity contribution in [2.75, 3.05) is 7.11 Å². The lowest BCUT2D eigenvalue weighted by molar-refractivity contribution is 0.0951. The van der Waals surface area contributed by atoms with Crippen molar-refractivity contribution in [2.24, 2.45) is 5.10 Å². The summed E-state index contributed by atoms with van der Waals surface area (Å²) >= 11 is 0. The molecule has 6 heteroatoms. The van der Waals surface area contributed by atoms with Gasteiger partial charge in [-0.1, -0.05) is 0 Å². The van der Waals surface area contributed by atoms with Crippen molar-refractivity contribution >= 4 is 23.0 Å². The third-order valence-corrected chi connectivity index (χ3v) is 3.35. The van der Waals surface area contributed by atoms with Crippen molar-refractivity contribution in [3.63, 3.8) is 0 Å². The number of hydrogen-bond donors (Lipinski definition) is 3. The minimum absolute atomic E-state index is 0.180. The number of fused-ring (bicyclic) bond motifs is 1. The molecule has 0 aliphatic rings. The number of benzene rings is 2. The van der Waals surface area contributed by atoms with Crippen LogP contribution in [-0.4, -0.2) is 29.3 Å². The Morgan fingerprint density at radius 3 is 2.74 bits per heavy atom. The van der Waals surface area contributed by atoms with E-state index in [-0.39, 0.29) is 11.7 Å². The molecule has 0 unspecified atom stereocenters. The summed E-state index contributed by atoms with van der Waals surface area (Å²) in [5.74, 6) is 0.573. The van der Waals surface area contributed by atoms with Gasteiger partial charge in [0, 0.05) is 10.9 Å². The Balaban J connectivity index is 1.71. The first kappa shape index (κ1) is 14.6. The van der Waals surface area contributed by atoms with Gasteiger partial charge in [0.1, 0.15) is 17.2 Å². The van der Waals surface area contributed by atoms with Crippen molar-refractivity contribution in [3.8, 4) is 11.5 Å². The zero-order valence-electron chi connectivity index (χ0n) is 12.4. The Hall–Kier alpha value is -3.28. The summed E-state index contributed by atoms with van der Waals surface area (Å²) in [4.78, 5) is 15.1. The summed E-state index contributed by atoms with van der Waals surface area (Å²) in [6, 6.07) is 13.8. The number of nitrogens with zero attached hydrogens (tertiary/aromatic N) is 1. The number of hydrogen-bond acceptors (Lipinski definition) is 4. The number of rotatable bonds is 4. The average Bonchev–Trinajstić information content (AvgIpc) is 2.99. The van der Waals surface area contributed by atoms with E-state index in [2.05, 4.69) is 15.5 Å². The van der Waals surface area contributed by atoms with Crippen molar-refractivity contribution in [1.82, 2.24) is 10.4 Å². The molecule has 3 N–H and O–H groups in total. The largest absolute Gasteiger partial charge is 0.508 e. The number of amides is 1. The standard InChI is InChI=1S/C17H15N3O3/c1-23-14-6-7-15-12(8-14)9-16(19-15)17(22)20-18-10-11-2-4-13(21)5-3-11/h2-10,19,21H,1H3,(H,20,22)/b18-10-. The first-order valence-electron chi connectivity index (χ1n) is 6.95. The molecule has 23 heavy (non-hydrogen) atoms. The predicted octanol–water partition coefficient (Wildman–Crippen LogP) is 2.65. The van der Waals surface area contributed by atoms with Crippen LogP contribution in [0.4, 0.5) is 0 Å². The van der Waals surface area contributed by atoms with Crippen LogP contribution in [0, 0.1) is 0 Å². The van der Waals surface area contributed by atoms with Gasteiger partial charge in [0.2, 0.25) is 0 Å². The van der Waals surface area contributed by atoms with Crippen molar-refractivity contribution in [3.05, 3.63) is 59.8 Å². The third kappa shape index (κ3) is 3.32. The Morgan fingerprint density at radius 2 is 2.00 bits per heavy atom. The fourth-order valence-electron chi connectivity index (χ4n) is 2.15. The summed E-state index contributed by atoms with van der Waals surface area (Å²) in [6.07, 6.45) is 1.50. The van der Waals surface area contributed by atoms with Crippen LogP contribution >= 0.6 is 0 Å². The fourth-order valence-corrected chi connectivity index (χ4v) is 2.15. The molecule has 3 aromatic rings. The van der Waals surface area contributed by atoms with E-state index in [0.717, 1.165) is 22.2 Å². The second-order valence-corrected chi connectivity index (χ2v) is 4.93. The van der Waals surface area contributed by atoms with Crippen molar-refractivity contribution in [1.29, 1.82) is 0 Å². The molecule has 116 valence electrons. The van der Waals surface area contributed by atoms with Gasteiger partial charge in [0.05, 0.1) is 13.3 Å². The molecule has 0 atom stereocenters. The van der Waals surface area contributed by atoms with Gasteiger partial charge in [-0.15, -0.1) is 0 Å². The summed E-state index contributed by atoms with van der Waals surface area (Å²) in [5.41, 5.74) is 4.48. The zero-order chi connectivity index (χ0) is 16.2. The van der Waals surface area contributed by atoms with Crippen LogP contribution in [-0.2, 0) is 0 Å². The quantitative estimate of drug-likeness (QED) is 0.511. The second-order valence-electron chi connectivity index (χ2n) is 4.93. The number of aromatic hydroxyl groups is 1. The molecule has 0 fully saturated rings. The molecule has 0 saturated heterocycles. The predicted molar refractivity (Wildman–Crippen MR) is 88.0 cm³/mol. The number of carbonyl (C=O) groups excluding carboxylic acids is 1. The third-order valence-electron chi connectivity index (χ3n) is 3.35. The van der Waals surface area contributed by atoms with E-state index in [0.29, 0.717) is 5.69 Å². The Kier molecular flexibility index (Phi) is 3.97. The van der Waals surface area contributed by atoms with E-state index < -0.39 is 0 Å². The van der Waals surface area contributed by atoms with Crippen molar-refractivity contribution < 1.29 is 14.6 Å². The van der Waals surface area contributed by atoms with Gasteiger partial charge in [-0.3, -0.25) is 4.79 Å². The highest BCUT2D eigenvalue weighted by Crippen LogP contribution is 2.21. The van der Waals surface area contributed by atoms with Gasteiger partial charge < -0.3 is 14.8 Å². The highest BCUT2D eigenvalue weighted by molar-refractivity contribution is 5.98.